The van der Waals surface area contributed by atoms with Gasteiger partial charge in [-0.25, -0.2) is 4.68 Å². The number of carbonyl (C=O) groups is 2. The third-order valence-electron chi connectivity index (χ3n) is 5.73. The largest absolute Gasteiger partial charge is 0.290 e. The Bertz CT molecular complexity index is 1190. The van der Waals surface area contributed by atoms with E-state index in [0.717, 1.165) is 24.9 Å². The summed E-state index contributed by atoms with van der Waals surface area (Å²) in [6.45, 7) is 5.16. The van der Waals surface area contributed by atoms with E-state index in [1.165, 1.54) is 4.68 Å². The number of aromatic nitrogens is 2. The molecule has 166 valence electrons. The monoisotopic (exact) mass is 433 g/mol. The average molecular weight is 434 g/mol. The Labute approximate surface area is 186 Å². The summed E-state index contributed by atoms with van der Waals surface area (Å²) in [6.07, 6.45) is 1.65. The maximum absolute atomic E-state index is 12.9. The molecule has 1 aromatic heterocycles. The Morgan fingerprint density at radius 1 is 1.03 bits per heavy atom. The van der Waals surface area contributed by atoms with Gasteiger partial charge in [0, 0.05) is 11.9 Å². The SMILES string of the molecule is CC(C)n1nc(C(=O)NNC(=O)C2CCCN2Cc2ccccc2)c2ccccc2c1=O. The van der Waals surface area contributed by atoms with Crippen LogP contribution in [0.3, 0.4) is 0 Å². The van der Waals surface area contributed by atoms with Gasteiger partial charge in [0.05, 0.1) is 17.5 Å². The first-order valence-corrected chi connectivity index (χ1v) is 10.9. The molecule has 0 aliphatic carbocycles. The van der Waals surface area contributed by atoms with Crippen LogP contribution in [0, 0.1) is 0 Å². The molecule has 2 aromatic carbocycles. The van der Waals surface area contributed by atoms with Gasteiger partial charge in [-0.05, 0) is 44.9 Å². The van der Waals surface area contributed by atoms with Crippen LogP contribution in [0.25, 0.3) is 10.8 Å². The number of amides is 2. The number of carbonyl (C=O) groups excluding carboxylic acids is 2. The minimum absolute atomic E-state index is 0.0989. The summed E-state index contributed by atoms with van der Waals surface area (Å²) in [4.78, 5) is 40.5. The van der Waals surface area contributed by atoms with E-state index < -0.39 is 5.91 Å². The third-order valence-corrected chi connectivity index (χ3v) is 5.73. The zero-order valence-corrected chi connectivity index (χ0v) is 18.2. The number of hydrogen-bond donors (Lipinski definition) is 2. The number of nitrogens with one attached hydrogen (secondary N) is 2. The highest BCUT2D eigenvalue weighted by atomic mass is 16.2. The fraction of sp³-hybridized carbons (Fsp3) is 0.333. The van der Waals surface area contributed by atoms with Crippen LogP contribution in [0.15, 0.2) is 59.4 Å². The van der Waals surface area contributed by atoms with Gasteiger partial charge >= 0.3 is 0 Å². The van der Waals surface area contributed by atoms with Crippen molar-refractivity contribution >= 4 is 22.6 Å². The number of nitrogens with zero attached hydrogens (tertiary/aromatic N) is 3. The van der Waals surface area contributed by atoms with Crippen molar-refractivity contribution in [3.05, 3.63) is 76.2 Å². The molecule has 4 rings (SSSR count). The van der Waals surface area contributed by atoms with Crippen LogP contribution in [-0.4, -0.2) is 39.1 Å². The van der Waals surface area contributed by atoms with Gasteiger partial charge in [0.15, 0.2) is 5.69 Å². The molecular formula is C24H27N5O3. The summed E-state index contributed by atoms with van der Waals surface area (Å²) in [6, 6.07) is 16.3. The molecule has 1 atom stereocenters. The number of benzene rings is 2. The van der Waals surface area contributed by atoms with Crippen molar-refractivity contribution in [1.82, 2.24) is 25.5 Å². The summed E-state index contributed by atoms with van der Waals surface area (Å²) in [5.41, 5.74) is 6.04. The maximum Gasteiger partial charge on any atom is 0.290 e. The van der Waals surface area contributed by atoms with Crippen molar-refractivity contribution in [2.75, 3.05) is 6.54 Å². The van der Waals surface area contributed by atoms with E-state index in [4.69, 9.17) is 0 Å². The normalized spacial score (nSPS) is 16.4. The Morgan fingerprint density at radius 3 is 2.44 bits per heavy atom. The van der Waals surface area contributed by atoms with Gasteiger partial charge in [-0.2, -0.15) is 5.10 Å². The van der Waals surface area contributed by atoms with Gasteiger partial charge in [0.25, 0.3) is 17.4 Å². The molecule has 0 spiro atoms. The standard InChI is InChI=1S/C24H27N5O3/c1-16(2)29-24(32)19-12-7-6-11-18(19)21(27-29)23(31)26-25-22(30)20-13-8-14-28(20)15-17-9-4-3-5-10-17/h3-7,9-12,16,20H,8,13-15H2,1-2H3,(H,25,30)(H,26,31). The van der Waals surface area contributed by atoms with Gasteiger partial charge in [-0.1, -0.05) is 48.5 Å². The zero-order chi connectivity index (χ0) is 22.7. The summed E-state index contributed by atoms with van der Waals surface area (Å²) in [5.74, 6) is -0.815. The molecule has 3 aromatic rings. The topological polar surface area (TPSA) is 96.3 Å². The minimum Gasteiger partial charge on any atom is -0.288 e. The Morgan fingerprint density at radius 2 is 1.72 bits per heavy atom. The first kappa shape index (κ1) is 21.7. The molecule has 2 heterocycles. The number of rotatable bonds is 5. The molecule has 1 saturated heterocycles. The Hall–Kier alpha value is -3.52. The third kappa shape index (κ3) is 4.40. The second-order valence-corrected chi connectivity index (χ2v) is 8.30. The average Bonchev–Trinajstić information content (AvgIpc) is 3.26. The summed E-state index contributed by atoms with van der Waals surface area (Å²) in [5, 5.41) is 5.14. The quantitative estimate of drug-likeness (QED) is 0.603. The van der Waals surface area contributed by atoms with Crippen LogP contribution >= 0.6 is 0 Å². The summed E-state index contributed by atoms with van der Waals surface area (Å²) in [7, 11) is 0. The predicted octanol–water partition coefficient (Wildman–Crippen LogP) is 2.40. The van der Waals surface area contributed by atoms with E-state index >= 15 is 0 Å². The van der Waals surface area contributed by atoms with Crippen molar-refractivity contribution in [3.8, 4) is 0 Å². The van der Waals surface area contributed by atoms with Crippen LogP contribution in [0.4, 0.5) is 0 Å². The maximum atomic E-state index is 12.9. The molecule has 1 fully saturated rings. The highest BCUT2D eigenvalue weighted by molar-refractivity contribution is 6.05. The van der Waals surface area contributed by atoms with Crippen LogP contribution in [-0.2, 0) is 11.3 Å². The molecule has 0 saturated carbocycles. The van der Waals surface area contributed by atoms with Gasteiger partial charge in [-0.15, -0.1) is 0 Å². The van der Waals surface area contributed by atoms with E-state index in [1.54, 1.807) is 24.3 Å². The van der Waals surface area contributed by atoms with Crippen LogP contribution in [0.2, 0.25) is 0 Å². The molecule has 8 nitrogen and oxygen atoms in total. The van der Waals surface area contributed by atoms with Gasteiger partial charge in [0.1, 0.15) is 0 Å². The Balaban J connectivity index is 1.49. The van der Waals surface area contributed by atoms with Crippen LogP contribution in [0.5, 0.6) is 0 Å². The Kier molecular flexibility index (Phi) is 6.32. The van der Waals surface area contributed by atoms with Crippen LogP contribution < -0.4 is 16.4 Å². The van der Waals surface area contributed by atoms with Crippen molar-refractivity contribution in [2.24, 2.45) is 0 Å². The lowest BCUT2D eigenvalue weighted by Gasteiger charge is -2.23. The van der Waals surface area contributed by atoms with E-state index in [-0.39, 0.29) is 29.2 Å². The molecular weight excluding hydrogens is 406 g/mol. The van der Waals surface area contributed by atoms with E-state index in [0.29, 0.717) is 17.3 Å². The lowest BCUT2D eigenvalue weighted by Crippen LogP contribution is -2.50. The summed E-state index contributed by atoms with van der Waals surface area (Å²) >= 11 is 0. The molecule has 2 N–H and O–H groups in total. The van der Waals surface area contributed by atoms with Crippen molar-refractivity contribution in [1.29, 1.82) is 0 Å². The molecule has 8 heteroatoms. The molecule has 0 radical (unpaired) electrons. The summed E-state index contributed by atoms with van der Waals surface area (Å²) < 4.78 is 1.29. The molecule has 1 aliphatic rings. The van der Waals surface area contributed by atoms with E-state index in [1.807, 2.05) is 44.2 Å². The van der Waals surface area contributed by atoms with Crippen LogP contribution in [0.1, 0.15) is 48.8 Å². The fourth-order valence-electron chi connectivity index (χ4n) is 4.12. The van der Waals surface area contributed by atoms with Crippen molar-refractivity contribution in [2.45, 2.75) is 45.3 Å². The number of hydrazine groups is 1. The highest BCUT2D eigenvalue weighted by Gasteiger charge is 2.31. The second kappa shape index (κ2) is 9.32. The zero-order valence-electron chi connectivity index (χ0n) is 18.2. The highest BCUT2D eigenvalue weighted by Crippen LogP contribution is 2.20. The smallest absolute Gasteiger partial charge is 0.288 e. The first-order chi connectivity index (χ1) is 15.5. The van der Waals surface area contributed by atoms with Crippen molar-refractivity contribution < 1.29 is 9.59 Å². The lowest BCUT2D eigenvalue weighted by molar-refractivity contribution is -0.126. The molecule has 2 amide bonds. The van der Waals surface area contributed by atoms with Gasteiger partial charge < -0.3 is 0 Å². The number of hydrogen-bond acceptors (Lipinski definition) is 5. The molecule has 1 aliphatic heterocycles. The fourth-order valence-corrected chi connectivity index (χ4v) is 4.12. The van der Waals surface area contributed by atoms with E-state index in [9.17, 15) is 14.4 Å². The first-order valence-electron chi connectivity index (χ1n) is 10.9. The van der Waals surface area contributed by atoms with Gasteiger partial charge in [0.2, 0.25) is 0 Å². The molecule has 1 unspecified atom stereocenters. The second-order valence-electron chi connectivity index (χ2n) is 8.30. The lowest BCUT2D eigenvalue weighted by atomic mass is 10.1. The molecule has 32 heavy (non-hydrogen) atoms. The minimum atomic E-state index is -0.559. The van der Waals surface area contributed by atoms with Gasteiger partial charge in [-0.3, -0.25) is 30.1 Å². The molecule has 0 bridgehead atoms. The number of likely N-dealkylation sites (tertiary alicyclic amines) is 1. The number of fused-ring (bicyclic) bond motifs is 1. The van der Waals surface area contributed by atoms with Crippen molar-refractivity contribution in [3.63, 3.8) is 0 Å². The van der Waals surface area contributed by atoms with E-state index in [2.05, 4.69) is 20.9 Å². The predicted molar refractivity (Wildman–Crippen MR) is 122 cm³/mol.